The van der Waals surface area contributed by atoms with Crippen molar-refractivity contribution in [3.8, 4) is 5.75 Å². The van der Waals surface area contributed by atoms with Crippen molar-refractivity contribution in [2.45, 2.75) is 11.8 Å². The number of benzene rings is 1. The Labute approximate surface area is 74.4 Å². The molecule has 0 amide bonds. The van der Waals surface area contributed by atoms with Crippen LogP contribution in [-0.4, -0.2) is 10.0 Å². The van der Waals surface area contributed by atoms with Gasteiger partial charge in [0, 0.05) is 16.5 Å². The maximum absolute atomic E-state index is 10.3. The first-order valence-corrected chi connectivity index (χ1v) is 3.64. The molecular weight excluding hydrogens is 178 g/mol. The summed E-state index contributed by atoms with van der Waals surface area (Å²) >= 11 is 4.00. The fourth-order valence-electron chi connectivity index (χ4n) is 0.823. The molecule has 0 aromatic heterocycles. The fraction of sp³-hybridized carbons (Fsp3) is 0.143. The molecule has 0 bridgehead atoms. The van der Waals surface area contributed by atoms with Gasteiger partial charge in [-0.3, -0.25) is 10.1 Å². The van der Waals surface area contributed by atoms with Gasteiger partial charge in [-0.1, -0.05) is 0 Å². The van der Waals surface area contributed by atoms with Gasteiger partial charge in [0.05, 0.1) is 4.92 Å². The Morgan fingerprint density at radius 1 is 1.58 bits per heavy atom. The minimum absolute atomic E-state index is 0.287. The van der Waals surface area contributed by atoms with Gasteiger partial charge in [0.1, 0.15) is 0 Å². The minimum Gasteiger partial charge on any atom is -0.502 e. The summed E-state index contributed by atoms with van der Waals surface area (Å²) < 4.78 is 0. The van der Waals surface area contributed by atoms with Crippen LogP contribution in [0.4, 0.5) is 5.69 Å². The van der Waals surface area contributed by atoms with Gasteiger partial charge >= 0.3 is 5.69 Å². The fourth-order valence-corrected chi connectivity index (χ4v) is 1.00. The highest BCUT2D eigenvalue weighted by atomic mass is 32.1. The van der Waals surface area contributed by atoms with Gasteiger partial charge in [-0.15, -0.1) is 12.6 Å². The zero-order valence-electron chi connectivity index (χ0n) is 6.31. The standard InChI is InChI=1S/C7H7NO3S/c1-4-6(12)3-2-5(7(4)9)8(10)11/h2-3,9,12H,1H3. The first-order chi connectivity index (χ1) is 5.54. The summed E-state index contributed by atoms with van der Waals surface area (Å²) in [6.45, 7) is 1.57. The molecule has 0 atom stereocenters. The van der Waals surface area contributed by atoms with E-state index in [1.54, 1.807) is 6.92 Å². The number of rotatable bonds is 1. The summed E-state index contributed by atoms with van der Waals surface area (Å²) in [6.07, 6.45) is 0. The molecule has 4 nitrogen and oxygen atoms in total. The predicted octanol–water partition coefficient (Wildman–Crippen LogP) is 1.90. The van der Waals surface area contributed by atoms with E-state index < -0.39 is 4.92 Å². The quantitative estimate of drug-likeness (QED) is 0.399. The van der Waals surface area contributed by atoms with E-state index in [0.29, 0.717) is 10.5 Å². The number of nitro groups is 1. The van der Waals surface area contributed by atoms with Gasteiger partial charge in [0.25, 0.3) is 0 Å². The summed E-state index contributed by atoms with van der Waals surface area (Å²) in [6, 6.07) is 2.71. The monoisotopic (exact) mass is 185 g/mol. The highest BCUT2D eigenvalue weighted by molar-refractivity contribution is 7.80. The highest BCUT2D eigenvalue weighted by Gasteiger charge is 2.15. The molecule has 0 aliphatic rings. The average molecular weight is 185 g/mol. The van der Waals surface area contributed by atoms with E-state index in [1.807, 2.05) is 0 Å². The summed E-state index contributed by atoms with van der Waals surface area (Å²) in [4.78, 5) is 10.2. The molecule has 5 heteroatoms. The van der Waals surface area contributed by atoms with Crippen molar-refractivity contribution in [3.63, 3.8) is 0 Å². The summed E-state index contributed by atoms with van der Waals surface area (Å²) in [5.74, 6) is -0.312. The third-order valence-corrected chi connectivity index (χ3v) is 2.06. The number of hydrogen-bond donors (Lipinski definition) is 2. The van der Waals surface area contributed by atoms with E-state index in [1.165, 1.54) is 12.1 Å². The summed E-state index contributed by atoms with van der Waals surface area (Å²) in [5.41, 5.74) is 0.137. The molecule has 0 saturated heterocycles. The molecule has 0 aliphatic heterocycles. The van der Waals surface area contributed by atoms with Crippen molar-refractivity contribution in [1.82, 2.24) is 0 Å². The van der Waals surface area contributed by atoms with Crippen LogP contribution in [0, 0.1) is 17.0 Å². The van der Waals surface area contributed by atoms with Gasteiger partial charge in [-0.25, -0.2) is 0 Å². The Bertz CT molecular complexity index is 338. The zero-order chi connectivity index (χ0) is 9.30. The van der Waals surface area contributed by atoms with Crippen molar-refractivity contribution in [1.29, 1.82) is 0 Å². The number of aromatic hydroxyl groups is 1. The van der Waals surface area contributed by atoms with Gasteiger partial charge < -0.3 is 5.11 Å². The lowest BCUT2D eigenvalue weighted by Crippen LogP contribution is -1.90. The van der Waals surface area contributed by atoms with E-state index >= 15 is 0 Å². The average Bonchev–Trinajstić information content (AvgIpc) is 2.00. The van der Waals surface area contributed by atoms with Crippen LogP contribution >= 0.6 is 12.6 Å². The molecular formula is C7H7NO3S. The van der Waals surface area contributed by atoms with Crippen molar-refractivity contribution < 1.29 is 10.0 Å². The molecule has 1 aromatic rings. The van der Waals surface area contributed by atoms with E-state index in [0.717, 1.165) is 0 Å². The Balaban J connectivity index is 3.36. The lowest BCUT2D eigenvalue weighted by Gasteiger charge is -2.01. The topological polar surface area (TPSA) is 63.4 Å². The number of phenolic OH excluding ortho intramolecular Hbond substituents is 1. The molecule has 0 aliphatic carbocycles. The number of hydrogen-bond acceptors (Lipinski definition) is 4. The number of nitro benzene ring substituents is 1. The molecule has 0 spiro atoms. The zero-order valence-corrected chi connectivity index (χ0v) is 7.21. The van der Waals surface area contributed by atoms with Crippen LogP contribution in [-0.2, 0) is 0 Å². The molecule has 1 aromatic carbocycles. The summed E-state index contributed by atoms with van der Waals surface area (Å²) in [5, 5.41) is 19.6. The van der Waals surface area contributed by atoms with E-state index in [2.05, 4.69) is 12.6 Å². The van der Waals surface area contributed by atoms with Crippen LogP contribution in [0.5, 0.6) is 5.75 Å². The Morgan fingerprint density at radius 2 is 2.17 bits per heavy atom. The van der Waals surface area contributed by atoms with Crippen LogP contribution < -0.4 is 0 Å². The Hall–Kier alpha value is -1.23. The highest BCUT2D eigenvalue weighted by Crippen LogP contribution is 2.32. The predicted molar refractivity (Wildman–Crippen MR) is 46.8 cm³/mol. The lowest BCUT2D eigenvalue weighted by atomic mass is 10.2. The third-order valence-electron chi connectivity index (χ3n) is 1.58. The second kappa shape index (κ2) is 3.02. The van der Waals surface area contributed by atoms with E-state index in [-0.39, 0.29) is 11.4 Å². The molecule has 64 valence electrons. The first kappa shape index (κ1) is 8.86. The third kappa shape index (κ3) is 1.35. The van der Waals surface area contributed by atoms with Crippen molar-refractivity contribution in [3.05, 3.63) is 27.8 Å². The number of nitrogens with zero attached hydrogens (tertiary/aromatic N) is 1. The molecule has 1 rings (SSSR count). The molecule has 1 N–H and O–H groups in total. The van der Waals surface area contributed by atoms with Gasteiger partial charge in [-0.2, -0.15) is 0 Å². The van der Waals surface area contributed by atoms with E-state index in [9.17, 15) is 15.2 Å². The molecule has 0 unspecified atom stereocenters. The molecule has 0 saturated carbocycles. The van der Waals surface area contributed by atoms with Crippen LogP contribution in [0.25, 0.3) is 0 Å². The second-order valence-corrected chi connectivity index (χ2v) is 2.82. The second-order valence-electron chi connectivity index (χ2n) is 2.33. The maximum Gasteiger partial charge on any atom is 0.311 e. The minimum atomic E-state index is -0.629. The largest absolute Gasteiger partial charge is 0.502 e. The van der Waals surface area contributed by atoms with E-state index in [4.69, 9.17) is 0 Å². The SMILES string of the molecule is Cc1c(S)ccc([N+](=O)[O-])c1O. The molecule has 0 fully saturated rings. The number of thiol groups is 1. The van der Waals surface area contributed by atoms with Crippen molar-refractivity contribution in [2.24, 2.45) is 0 Å². The summed E-state index contributed by atoms with van der Waals surface area (Å²) in [7, 11) is 0. The van der Waals surface area contributed by atoms with Crippen molar-refractivity contribution >= 4 is 18.3 Å². The van der Waals surface area contributed by atoms with Crippen LogP contribution in [0.15, 0.2) is 17.0 Å². The first-order valence-electron chi connectivity index (χ1n) is 3.20. The molecule has 0 heterocycles. The molecule has 0 radical (unpaired) electrons. The van der Waals surface area contributed by atoms with Crippen LogP contribution in [0.3, 0.4) is 0 Å². The maximum atomic E-state index is 10.3. The normalized spacial score (nSPS) is 9.83. The lowest BCUT2D eigenvalue weighted by molar-refractivity contribution is -0.386. The number of phenols is 1. The molecule has 12 heavy (non-hydrogen) atoms. The van der Waals surface area contributed by atoms with Gasteiger partial charge in [0.15, 0.2) is 5.75 Å². The smallest absolute Gasteiger partial charge is 0.311 e. The van der Waals surface area contributed by atoms with Crippen LogP contribution in [0.1, 0.15) is 5.56 Å². The van der Waals surface area contributed by atoms with Crippen molar-refractivity contribution in [2.75, 3.05) is 0 Å². The van der Waals surface area contributed by atoms with Gasteiger partial charge in [-0.05, 0) is 13.0 Å². The Morgan fingerprint density at radius 3 is 2.67 bits per heavy atom. The van der Waals surface area contributed by atoms with Crippen LogP contribution in [0.2, 0.25) is 0 Å². The van der Waals surface area contributed by atoms with Gasteiger partial charge in [0.2, 0.25) is 0 Å². The Kier molecular flexibility index (Phi) is 2.23.